The van der Waals surface area contributed by atoms with Gasteiger partial charge in [-0.25, -0.2) is 14.4 Å². The molecule has 0 fully saturated rings. The van der Waals surface area contributed by atoms with Gasteiger partial charge in [0.25, 0.3) is 0 Å². The molecule has 1 aromatic carbocycles. The van der Waals surface area contributed by atoms with E-state index in [-0.39, 0.29) is 16.9 Å². The van der Waals surface area contributed by atoms with Crippen LogP contribution in [0, 0.1) is 0 Å². The molecule has 0 radical (unpaired) electrons. The summed E-state index contributed by atoms with van der Waals surface area (Å²) in [4.78, 5) is 39.4. The quantitative estimate of drug-likeness (QED) is 0.354. The second-order valence-corrected chi connectivity index (χ2v) is 7.18. The lowest BCUT2D eigenvalue weighted by atomic mass is 10.1. The van der Waals surface area contributed by atoms with E-state index in [0.717, 1.165) is 25.9 Å². The fourth-order valence-electron chi connectivity index (χ4n) is 2.44. The van der Waals surface area contributed by atoms with E-state index in [1.54, 1.807) is 0 Å². The summed E-state index contributed by atoms with van der Waals surface area (Å²) in [6, 6.07) is 3.30. The number of nitrogens with one attached hydrogen (secondary N) is 4. The van der Waals surface area contributed by atoms with E-state index >= 15 is 0 Å². The Bertz CT molecular complexity index is 645. The summed E-state index contributed by atoms with van der Waals surface area (Å²) in [6.45, 7) is 2.66. The molecule has 0 unspecified atom stereocenters. The van der Waals surface area contributed by atoms with Gasteiger partial charge in [0.1, 0.15) is 0 Å². The number of hydrogen-bond donors (Lipinski definition) is 5. The van der Waals surface area contributed by atoms with Crippen molar-refractivity contribution in [3.63, 3.8) is 0 Å². The zero-order chi connectivity index (χ0) is 21.8. The molecule has 0 aliphatic carbocycles. The highest BCUT2D eigenvalue weighted by molar-refractivity contribution is 5.97. The topological polar surface area (TPSA) is 126 Å². The molecule has 0 heterocycles. The molecule has 0 aromatic heterocycles. The molecule has 0 atom stereocenters. The van der Waals surface area contributed by atoms with Crippen LogP contribution in [0.2, 0.25) is 0 Å². The molecule has 1 aromatic rings. The first-order chi connectivity index (χ1) is 13.7. The van der Waals surface area contributed by atoms with Crippen molar-refractivity contribution >= 4 is 29.4 Å². The molecular weight excluding hydrogens is 376 g/mol. The van der Waals surface area contributed by atoms with Crippen LogP contribution in [0.5, 0.6) is 0 Å². The lowest BCUT2D eigenvalue weighted by Crippen LogP contribution is -2.32. The Balaban J connectivity index is 2.65. The van der Waals surface area contributed by atoms with Gasteiger partial charge < -0.3 is 36.2 Å². The van der Waals surface area contributed by atoms with Crippen molar-refractivity contribution in [3.05, 3.63) is 23.8 Å². The number of benzene rings is 1. The van der Waals surface area contributed by atoms with Crippen molar-refractivity contribution in [2.75, 3.05) is 65.0 Å². The van der Waals surface area contributed by atoms with Crippen LogP contribution in [0.25, 0.3) is 0 Å². The number of carbonyl (C=O) groups is 3. The van der Waals surface area contributed by atoms with Crippen molar-refractivity contribution in [3.8, 4) is 0 Å². The van der Waals surface area contributed by atoms with Crippen molar-refractivity contribution in [2.24, 2.45) is 0 Å². The molecule has 0 aliphatic heterocycles. The van der Waals surface area contributed by atoms with Gasteiger partial charge in [-0.15, -0.1) is 0 Å². The van der Waals surface area contributed by atoms with Crippen molar-refractivity contribution < 1.29 is 19.5 Å². The number of amides is 4. The number of carboxylic acids is 1. The maximum atomic E-state index is 12.0. The van der Waals surface area contributed by atoms with E-state index in [1.807, 2.05) is 38.0 Å². The van der Waals surface area contributed by atoms with Crippen LogP contribution in [0.3, 0.4) is 0 Å². The molecule has 162 valence electrons. The molecule has 0 saturated carbocycles. The molecule has 0 saturated heterocycles. The van der Waals surface area contributed by atoms with Gasteiger partial charge in [-0.1, -0.05) is 0 Å². The maximum absolute atomic E-state index is 12.0. The van der Waals surface area contributed by atoms with Crippen LogP contribution in [0.4, 0.5) is 21.0 Å². The fraction of sp³-hybridized carbons (Fsp3) is 0.526. The third-order valence-corrected chi connectivity index (χ3v) is 3.83. The minimum absolute atomic E-state index is 0.0432. The van der Waals surface area contributed by atoms with Gasteiger partial charge in [-0.2, -0.15) is 0 Å². The van der Waals surface area contributed by atoms with E-state index in [0.29, 0.717) is 13.1 Å². The summed E-state index contributed by atoms with van der Waals surface area (Å²) in [5.74, 6) is -1.16. The van der Waals surface area contributed by atoms with Crippen LogP contribution in [0.15, 0.2) is 18.2 Å². The van der Waals surface area contributed by atoms with Crippen LogP contribution in [-0.2, 0) is 0 Å². The molecular formula is C19H32N6O4. The Morgan fingerprint density at radius 1 is 0.793 bits per heavy atom. The lowest BCUT2D eigenvalue weighted by Gasteiger charge is -2.13. The first-order valence-electron chi connectivity index (χ1n) is 9.45. The second-order valence-electron chi connectivity index (χ2n) is 7.18. The summed E-state index contributed by atoms with van der Waals surface area (Å²) in [7, 11) is 7.80. The fourth-order valence-corrected chi connectivity index (χ4v) is 2.44. The average Bonchev–Trinajstić information content (AvgIpc) is 2.62. The monoisotopic (exact) mass is 408 g/mol. The minimum atomic E-state index is -1.16. The molecule has 1 rings (SSSR count). The average molecular weight is 409 g/mol. The summed E-state index contributed by atoms with van der Waals surface area (Å²) in [5, 5.41) is 19.9. The Morgan fingerprint density at radius 3 is 1.55 bits per heavy atom. The van der Waals surface area contributed by atoms with Crippen molar-refractivity contribution in [1.82, 2.24) is 20.4 Å². The van der Waals surface area contributed by atoms with Crippen molar-refractivity contribution in [2.45, 2.75) is 12.8 Å². The third kappa shape index (κ3) is 10.9. The number of rotatable bonds is 11. The molecule has 10 heteroatoms. The van der Waals surface area contributed by atoms with Gasteiger partial charge in [0.15, 0.2) is 0 Å². The lowest BCUT2D eigenvalue weighted by molar-refractivity contribution is 0.0697. The highest BCUT2D eigenvalue weighted by Crippen LogP contribution is 2.19. The second kappa shape index (κ2) is 12.6. The van der Waals surface area contributed by atoms with Crippen LogP contribution in [0.1, 0.15) is 23.2 Å². The van der Waals surface area contributed by atoms with Crippen LogP contribution in [-0.4, -0.2) is 87.3 Å². The zero-order valence-corrected chi connectivity index (χ0v) is 17.5. The molecule has 10 nitrogen and oxygen atoms in total. The number of aromatic carboxylic acids is 1. The van der Waals surface area contributed by atoms with Gasteiger partial charge in [0.05, 0.1) is 5.56 Å². The largest absolute Gasteiger partial charge is 0.478 e. The highest BCUT2D eigenvalue weighted by atomic mass is 16.4. The number of nitrogens with zero attached hydrogens (tertiary/aromatic N) is 2. The van der Waals surface area contributed by atoms with Gasteiger partial charge in [0, 0.05) is 24.5 Å². The van der Waals surface area contributed by atoms with Gasteiger partial charge in [-0.3, -0.25) is 0 Å². The molecule has 29 heavy (non-hydrogen) atoms. The Kier molecular flexibility index (Phi) is 10.5. The summed E-state index contributed by atoms with van der Waals surface area (Å²) in [6.07, 6.45) is 1.58. The van der Waals surface area contributed by atoms with Gasteiger partial charge in [0.2, 0.25) is 0 Å². The SMILES string of the molecule is CN(C)CCCNC(=O)Nc1cc(NC(=O)NCCCN(C)C)cc(C(=O)O)c1. The number of carbonyl (C=O) groups excluding carboxylic acids is 2. The third-order valence-electron chi connectivity index (χ3n) is 3.83. The van der Waals surface area contributed by atoms with Crippen LogP contribution < -0.4 is 21.3 Å². The molecule has 0 spiro atoms. The van der Waals surface area contributed by atoms with Crippen molar-refractivity contribution in [1.29, 1.82) is 0 Å². The predicted octanol–water partition coefficient (Wildman–Crippen LogP) is 1.53. The van der Waals surface area contributed by atoms with E-state index in [9.17, 15) is 19.5 Å². The first kappa shape index (κ1) is 24.2. The van der Waals surface area contributed by atoms with E-state index < -0.39 is 18.0 Å². The number of anilines is 2. The summed E-state index contributed by atoms with van der Waals surface area (Å²) < 4.78 is 0. The molecule has 4 amide bonds. The maximum Gasteiger partial charge on any atom is 0.335 e. The van der Waals surface area contributed by atoms with Gasteiger partial charge in [-0.05, 0) is 72.3 Å². The Morgan fingerprint density at radius 2 is 1.21 bits per heavy atom. The predicted molar refractivity (Wildman–Crippen MR) is 114 cm³/mol. The molecule has 0 aliphatic rings. The van der Waals surface area contributed by atoms with E-state index in [2.05, 4.69) is 21.3 Å². The standard InChI is InChI=1S/C19H32N6O4/c1-24(2)9-5-7-20-18(28)22-15-11-14(17(26)27)12-16(13-15)23-19(29)21-8-6-10-25(3)4/h11-13H,5-10H2,1-4H3,(H,26,27)(H2,20,22,28)(H2,21,23,29). The first-order valence-corrected chi connectivity index (χ1v) is 9.45. The number of hydrogen-bond acceptors (Lipinski definition) is 5. The smallest absolute Gasteiger partial charge is 0.335 e. The summed E-state index contributed by atoms with van der Waals surface area (Å²) >= 11 is 0. The zero-order valence-electron chi connectivity index (χ0n) is 17.5. The normalized spacial score (nSPS) is 10.7. The Labute approximate surface area is 171 Å². The van der Waals surface area contributed by atoms with Crippen LogP contribution >= 0.6 is 0 Å². The molecule has 5 N–H and O–H groups in total. The minimum Gasteiger partial charge on any atom is -0.478 e. The molecule has 0 bridgehead atoms. The Hall–Kier alpha value is -2.85. The van der Waals surface area contributed by atoms with Gasteiger partial charge >= 0.3 is 18.0 Å². The number of carboxylic acid groups (broad SMARTS) is 1. The highest BCUT2D eigenvalue weighted by Gasteiger charge is 2.11. The summed E-state index contributed by atoms with van der Waals surface area (Å²) in [5.41, 5.74) is 0.508. The number of urea groups is 2. The van der Waals surface area contributed by atoms with E-state index in [1.165, 1.54) is 18.2 Å². The van der Waals surface area contributed by atoms with E-state index in [4.69, 9.17) is 0 Å².